The molecule has 0 nitrogen and oxygen atoms in total. The third-order valence-electron chi connectivity index (χ3n) is 2.82. The van der Waals surface area contributed by atoms with Crippen molar-refractivity contribution >= 4 is 10.9 Å². The van der Waals surface area contributed by atoms with Crippen LogP contribution in [0.3, 0.4) is 0 Å². The van der Waals surface area contributed by atoms with E-state index in [0.717, 1.165) is 0 Å². The Kier molecular flexibility index (Phi) is 3.35. The number of hydrogen-bond acceptors (Lipinski definition) is 0. The molecule has 0 saturated carbocycles. The fourth-order valence-corrected chi connectivity index (χ4v) is 2.58. The van der Waals surface area contributed by atoms with Gasteiger partial charge in [-0.1, -0.05) is 42.5 Å². The molecule has 84 valence electrons. The highest BCUT2D eigenvalue weighted by Crippen LogP contribution is 2.33. The molecule has 0 amide bonds. The summed E-state index contributed by atoms with van der Waals surface area (Å²) in [5.41, 5.74) is 4.04. The standard InChI is InChI=1S/C15H18S/c1-12-9-10-14(16(2)3)11-15(12)13-7-5-4-6-8-13/h4-11,16H,1-3H3. The van der Waals surface area contributed by atoms with Crippen molar-refractivity contribution in [3.8, 4) is 11.1 Å². The maximum Gasteiger partial charge on any atom is -0.0124 e. The largest absolute Gasteiger partial charge is 0.233 e. The minimum absolute atomic E-state index is 0.0145. The maximum atomic E-state index is 2.34. The molecule has 0 spiro atoms. The lowest BCUT2D eigenvalue weighted by Gasteiger charge is -2.13. The summed E-state index contributed by atoms with van der Waals surface area (Å²) in [5, 5.41) is 0. The smallest absolute Gasteiger partial charge is 0.0124 e. The maximum absolute atomic E-state index is 2.34. The first-order valence-corrected chi connectivity index (χ1v) is 7.75. The third-order valence-corrected chi connectivity index (χ3v) is 4.13. The number of rotatable bonds is 2. The topological polar surface area (TPSA) is 0 Å². The summed E-state index contributed by atoms with van der Waals surface area (Å²) in [6.45, 7) is 2.18. The average Bonchev–Trinajstić information content (AvgIpc) is 2.30. The van der Waals surface area contributed by atoms with Gasteiger partial charge in [-0.05, 0) is 47.1 Å². The van der Waals surface area contributed by atoms with E-state index in [9.17, 15) is 0 Å². The number of benzene rings is 2. The second-order valence-corrected chi connectivity index (χ2v) is 6.56. The van der Waals surface area contributed by atoms with E-state index < -0.39 is 0 Å². The van der Waals surface area contributed by atoms with Gasteiger partial charge >= 0.3 is 0 Å². The zero-order valence-electron chi connectivity index (χ0n) is 10.1. The molecule has 0 radical (unpaired) electrons. The Labute approximate surface area is 101 Å². The quantitative estimate of drug-likeness (QED) is 0.731. The van der Waals surface area contributed by atoms with E-state index in [2.05, 4.69) is 68.0 Å². The molecule has 0 N–H and O–H groups in total. The molecule has 16 heavy (non-hydrogen) atoms. The Morgan fingerprint density at radius 2 is 1.56 bits per heavy atom. The van der Waals surface area contributed by atoms with Crippen LogP contribution in [-0.4, -0.2) is 12.5 Å². The van der Waals surface area contributed by atoms with Crippen molar-refractivity contribution in [3.05, 3.63) is 54.1 Å². The van der Waals surface area contributed by atoms with Crippen molar-refractivity contribution in [3.63, 3.8) is 0 Å². The molecule has 2 aromatic rings. The van der Waals surface area contributed by atoms with Crippen molar-refractivity contribution in [2.24, 2.45) is 0 Å². The minimum Gasteiger partial charge on any atom is -0.233 e. The fourth-order valence-electron chi connectivity index (χ4n) is 1.82. The monoisotopic (exact) mass is 230 g/mol. The van der Waals surface area contributed by atoms with Gasteiger partial charge in [0.1, 0.15) is 0 Å². The van der Waals surface area contributed by atoms with Gasteiger partial charge in [0, 0.05) is 0 Å². The van der Waals surface area contributed by atoms with E-state index >= 15 is 0 Å². The Morgan fingerprint density at radius 3 is 2.19 bits per heavy atom. The van der Waals surface area contributed by atoms with Crippen molar-refractivity contribution in [1.82, 2.24) is 0 Å². The molecule has 0 heterocycles. The highest BCUT2D eigenvalue weighted by molar-refractivity contribution is 8.15. The summed E-state index contributed by atoms with van der Waals surface area (Å²) in [7, 11) is -0.0145. The Hall–Kier alpha value is -1.21. The minimum atomic E-state index is -0.0145. The van der Waals surface area contributed by atoms with Gasteiger partial charge in [-0.2, -0.15) is 0 Å². The lowest BCUT2D eigenvalue weighted by Crippen LogP contribution is -1.86. The number of thiol groups is 1. The normalized spacial score (nSPS) is 11.3. The van der Waals surface area contributed by atoms with E-state index in [1.165, 1.54) is 21.6 Å². The highest BCUT2D eigenvalue weighted by atomic mass is 32.2. The molecular formula is C15H18S. The van der Waals surface area contributed by atoms with Gasteiger partial charge in [-0.15, -0.1) is 0 Å². The second kappa shape index (κ2) is 4.75. The van der Waals surface area contributed by atoms with Gasteiger partial charge in [-0.25, -0.2) is 10.9 Å². The van der Waals surface area contributed by atoms with Crippen LogP contribution in [0.15, 0.2) is 53.4 Å². The van der Waals surface area contributed by atoms with Crippen LogP contribution in [0.25, 0.3) is 11.1 Å². The van der Waals surface area contributed by atoms with Crippen molar-refractivity contribution in [1.29, 1.82) is 0 Å². The Balaban J connectivity index is 2.52. The molecule has 0 saturated heterocycles. The van der Waals surface area contributed by atoms with Crippen LogP contribution >= 0.6 is 10.9 Å². The van der Waals surface area contributed by atoms with Crippen LogP contribution in [0, 0.1) is 6.92 Å². The van der Waals surface area contributed by atoms with Gasteiger partial charge in [-0.3, -0.25) is 0 Å². The molecule has 1 heteroatoms. The second-order valence-electron chi connectivity index (χ2n) is 4.26. The summed E-state index contributed by atoms with van der Waals surface area (Å²) < 4.78 is 0. The average molecular weight is 230 g/mol. The highest BCUT2D eigenvalue weighted by Gasteiger charge is 2.03. The summed E-state index contributed by atoms with van der Waals surface area (Å²) in [5.74, 6) is 0. The van der Waals surface area contributed by atoms with Crippen LogP contribution in [0.1, 0.15) is 5.56 Å². The summed E-state index contributed by atoms with van der Waals surface area (Å²) in [6.07, 6.45) is 4.60. The van der Waals surface area contributed by atoms with E-state index in [1.807, 2.05) is 0 Å². The van der Waals surface area contributed by atoms with Crippen LogP contribution < -0.4 is 0 Å². The van der Waals surface area contributed by atoms with E-state index in [4.69, 9.17) is 0 Å². The zero-order chi connectivity index (χ0) is 11.5. The van der Waals surface area contributed by atoms with Crippen LogP contribution in [0.5, 0.6) is 0 Å². The van der Waals surface area contributed by atoms with Gasteiger partial charge in [0.25, 0.3) is 0 Å². The van der Waals surface area contributed by atoms with Gasteiger partial charge in [0.05, 0.1) is 0 Å². The van der Waals surface area contributed by atoms with Crippen molar-refractivity contribution in [2.45, 2.75) is 11.8 Å². The molecule has 2 rings (SSSR count). The lowest BCUT2D eigenvalue weighted by atomic mass is 10.0. The molecule has 0 aliphatic heterocycles. The molecule has 0 bridgehead atoms. The lowest BCUT2D eigenvalue weighted by molar-refractivity contribution is 1.37. The van der Waals surface area contributed by atoms with Crippen LogP contribution in [0.2, 0.25) is 0 Å². The third kappa shape index (κ3) is 2.30. The van der Waals surface area contributed by atoms with Gasteiger partial charge < -0.3 is 0 Å². The SMILES string of the molecule is Cc1ccc([SH](C)C)cc1-c1ccccc1. The van der Waals surface area contributed by atoms with Gasteiger partial charge in [0.2, 0.25) is 0 Å². The molecule has 0 aromatic heterocycles. The Bertz CT molecular complexity index is 472. The molecular weight excluding hydrogens is 212 g/mol. The van der Waals surface area contributed by atoms with Crippen LogP contribution in [-0.2, 0) is 0 Å². The van der Waals surface area contributed by atoms with Gasteiger partial charge in [0.15, 0.2) is 0 Å². The molecule has 2 aromatic carbocycles. The molecule has 0 aliphatic carbocycles. The predicted octanol–water partition coefficient (Wildman–Crippen LogP) is 4.28. The first kappa shape index (κ1) is 11.3. The summed E-state index contributed by atoms with van der Waals surface area (Å²) in [6, 6.07) is 17.5. The van der Waals surface area contributed by atoms with Crippen LogP contribution in [0.4, 0.5) is 0 Å². The van der Waals surface area contributed by atoms with Crippen molar-refractivity contribution < 1.29 is 0 Å². The van der Waals surface area contributed by atoms with E-state index in [-0.39, 0.29) is 10.9 Å². The molecule has 0 atom stereocenters. The Morgan fingerprint density at radius 1 is 0.875 bits per heavy atom. The zero-order valence-corrected chi connectivity index (χ0v) is 11.0. The first-order valence-electron chi connectivity index (χ1n) is 5.52. The summed E-state index contributed by atoms with van der Waals surface area (Å²) in [4.78, 5) is 1.47. The fraction of sp³-hybridized carbons (Fsp3) is 0.200. The van der Waals surface area contributed by atoms with Crippen molar-refractivity contribution in [2.75, 3.05) is 12.5 Å². The number of aryl methyl sites for hydroxylation is 1. The molecule has 0 fully saturated rings. The molecule has 0 aliphatic rings. The predicted molar refractivity (Wildman–Crippen MR) is 75.7 cm³/mol. The first-order chi connectivity index (χ1) is 7.68. The van der Waals surface area contributed by atoms with E-state index in [0.29, 0.717) is 0 Å². The number of hydrogen-bond donors (Lipinski definition) is 1. The summed E-state index contributed by atoms with van der Waals surface area (Å²) >= 11 is 0. The van der Waals surface area contributed by atoms with E-state index in [1.54, 1.807) is 0 Å². The molecule has 0 unspecified atom stereocenters.